The van der Waals surface area contributed by atoms with Crippen molar-refractivity contribution >= 4 is 10.9 Å². The molecule has 7 heteroatoms. The van der Waals surface area contributed by atoms with Crippen LogP contribution in [-0.4, -0.2) is 38.2 Å². The zero-order valence-corrected chi connectivity index (χ0v) is 14.3. The number of aromatic nitrogens is 3. The second-order valence-corrected chi connectivity index (χ2v) is 5.70. The molecule has 0 aliphatic rings. The van der Waals surface area contributed by atoms with Crippen LogP contribution in [0.1, 0.15) is 20.3 Å². The van der Waals surface area contributed by atoms with E-state index in [0.717, 1.165) is 30.6 Å². The van der Waals surface area contributed by atoms with Crippen LogP contribution in [-0.2, 0) is 20.6 Å². The number of nitrogens with one attached hydrogen (secondary N) is 1. The quantitative estimate of drug-likeness (QED) is 0.829. The van der Waals surface area contributed by atoms with Crippen molar-refractivity contribution in [2.45, 2.75) is 26.8 Å². The van der Waals surface area contributed by atoms with Gasteiger partial charge in [-0.25, -0.2) is 4.79 Å². The van der Waals surface area contributed by atoms with Gasteiger partial charge in [-0.3, -0.25) is 19.3 Å². The summed E-state index contributed by atoms with van der Waals surface area (Å²) in [5.74, 6) is 0. The second-order valence-electron chi connectivity index (χ2n) is 5.70. The van der Waals surface area contributed by atoms with Crippen molar-refractivity contribution in [1.29, 1.82) is 5.41 Å². The Morgan fingerprint density at radius 2 is 1.78 bits per heavy atom. The van der Waals surface area contributed by atoms with E-state index in [-0.39, 0.29) is 11.2 Å². The number of pyridine rings is 1. The number of fused-ring (bicyclic) bond motifs is 1. The van der Waals surface area contributed by atoms with Gasteiger partial charge in [0.1, 0.15) is 10.9 Å². The molecule has 0 aliphatic heterocycles. The fourth-order valence-electron chi connectivity index (χ4n) is 2.85. The molecule has 0 atom stereocenters. The van der Waals surface area contributed by atoms with Gasteiger partial charge in [-0.05, 0) is 32.1 Å². The zero-order chi connectivity index (χ0) is 17.1. The molecule has 1 N–H and O–H groups in total. The zero-order valence-electron chi connectivity index (χ0n) is 14.3. The molecule has 0 aliphatic carbocycles. The van der Waals surface area contributed by atoms with Crippen LogP contribution >= 0.6 is 0 Å². The standard InChI is InChI=1S/C16H25N5O2/c1-5-20(6-2)9-7-10-21-11-8-12-13(14(21)17)15(22)19(4)16(23)18(12)3/h8,11,17H,5-7,9-10H2,1-4H3. The molecule has 0 aromatic carbocycles. The third-order valence-corrected chi connectivity index (χ3v) is 4.41. The molecule has 0 saturated carbocycles. The summed E-state index contributed by atoms with van der Waals surface area (Å²) in [6.07, 6.45) is 2.70. The Hall–Kier alpha value is -2.15. The third kappa shape index (κ3) is 3.14. The molecule has 23 heavy (non-hydrogen) atoms. The SMILES string of the molecule is CCN(CC)CCCn1ccc2c(c1=N)c(=O)n(C)c(=O)n2C. The van der Waals surface area contributed by atoms with Gasteiger partial charge in [-0.2, -0.15) is 0 Å². The second kappa shape index (κ2) is 6.95. The smallest absolute Gasteiger partial charge is 0.330 e. The van der Waals surface area contributed by atoms with E-state index in [9.17, 15) is 9.59 Å². The first kappa shape index (κ1) is 17.2. The van der Waals surface area contributed by atoms with Crippen LogP contribution in [0.5, 0.6) is 0 Å². The molecule has 0 amide bonds. The molecule has 0 spiro atoms. The van der Waals surface area contributed by atoms with Crippen molar-refractivity contribution in [3.63, 3.8) is 0 Å². The van der Waals surface area contributed by atoms with Crippen LogP contribution in [0.2, 0.25) is 0 Å². The number of hydrogen-bond acceptors (Lipinski definition) is 4. The van der Waals surface area contributed by atoms with Crippen LogP contribution in [0.25, 0.3) is 10.9 Å². The molecule has 7 nitrogen and oxygen atoms in total. The lowest BCUT2D eigenvalue weighted by atomic mass is 10.2. The van der Waals surface area contributed by atoms with E-state index in [1.165, 1.54) is 11.6 Å². The van der Waals surface area contributed by atoms with E-state index >= 15 is 0 Å². The van der Waals surface area contributed by atoms with Gasteiger partial charge in [-0.15, -0.1) is 0 Å². The number of nitrogens with zero attached hydrogens (tertiary/aromatic N) is 4. The molecule has 126 valence electrons. The normalized spacial score (nSPS) is 11.5. The molecule has 0 fully saturated rings. The number of aryl methyl sites for hydroxylation is 2. The predicted molar refractivity (Wildman–Crippen MR) is 90.7 cm³/mol. The van der Waals surface area contributed by atoms with Gasteiger partial charge < -0.3 is 9.47 Å². The van der Waals surface area contributed by atoms with Crippen molar-refractivity contribution in [3.8, 4) is 0 Å². The van der Waals surface area contributed by atoms with Gasteiger partial charge in [0.25, 0.3) is 5.56 Å². The predicted octanol–water partition coefficient (Wildman–Crippen LogP) is 0.250. The van der Waals surface area contributed by atoms with E-state index in [4.69, 9.17) is 5.41 Å². The fourth-order valence-corrected chi connectivity index (χ4v) is 2.85. The lowest BCUT2D eigenvalue weighted by Crippen LogP contribution is -2.40. The Balaban J connectivity index is 2.42. The Labute approximate surface area is 134 Å². The van der Waals surface area contributed by atoms with Gasteiger partial charge in [0.15, 0.2) is 0 Å². The van der Waals surface area contributed by atoms with Crippen molar-refractivity contribution in [2.75, 3.05) is 19.6 Å². The van der Waals surface area contributed by atoms with E-state index < -0.39 is 5.56 Å². The summed E-state index contributed by atoms with van der Waals surface area (Å²) in [4.78, 5) is 26.6. The highest BCUT2D eigenvalue weighted by Crippen LogP contribution is 2.02. The summed E-state index contributed by atoms with van der Waals surface area (Å²) in [7, 11) is 3.07. The van der Waals surface area contributed by atoms with Crippen molar-refractivity contribution in [1.82, 2.24) is 18.6 Å². The van der Waals surface area contributed by atoms with Gasteiger partial charge in [-0.1, -0.05) is 13.8 Å². The van der Waals surface area contributed by atoms with Crippen molar-refractivity contribution < 1.29 is 0 Å². The molecule has 2 rings (SSSR count). The fraction of sp³-hybridized carbons (Fsp3) is 0.562. The molecule has 0 bridgehead atoms. The number of rotatable bonds is 6. The molecular formula is C16H25N5O2. The third-order valence-electron chi connectivity index (χ3n) is 4.41. The van der Waals surface area contributed by atoms with Crippen LogP contribution < -0.4 is 16.7 Å². The van der Waals surface area contributed by atoms with Crippen molar-refractivity contribution in [3.05, 3.63) is 38.6 Å². The summed E-state index contributed by atoms with van der Waals surface area (Å²) in [5.41, 5.74) is -0.117. The molecule has 0 unspecified atom stereocenters. The molecular weight excluding hydrogens is 294 g/mol. The summed E-state index contributed by atoms with van der Waals surface area (Å²) in [5, 5.41) is 8.63. The van der Waals surface area contributed by atoms with Crippen LogP contribution in [0.4, 0.5) is 0 Å². The van der Waals surface area contributed by atoms with E-state index in [1.54, 1.807) is 23.9 Å². The van der Waals surface area contributed by atoms with Gasteiger partial charge in [0.05, 0.1) is 5.52 Å². The maximum absolute atomic E-state index is 12.4. The lowest BCUT2D eigenvalue weighted by molar-refractivity contribution is 0.292. The van der Waals surface area contributed by atoms with E-state index in [2.05, 4.69) is 18.7 Å². The lowest BCUT2D eigenvalue weighted by Gasteiger charge is -2.18. The monoisotopic (exact) mass is 319 g/mol. The van der Waals surface area contributed by atoms with Gasteiger partial charge in [0, 0.05) is 26.8 Å². The first-order chi connectivity index (χ1) is 10.9. The highest BCUT2D eigenvalue weighted by Gasteiger charge is 2.11. The molecule has 0 radical (unpaired) electrons. The minimum Gasteiger partial charge on any atom is -0.333 e. The van der Waals surface area contributed by atoms with Crippen LogP contribution in [0, 0.1) is 5.41 Å². The van der Waals surface area contributed by atoms with Crippen molar-refractivity contribution in [2.24, 2.45) is 14.1 Å². The average Bonchev–Trinajstić information content (AvgIpc) is 2.56. The summed E-state index contributed by atoms with van der Waals surface area (Å²) < 4.78 is 4.24. The van der Waals surface area contributed by atoms with E-state index in [1.807, 2.05) is 0 Å². The van der Waals surface area contributed by atoms with E-state index in [0.29, 0.717) is 17.4 Å². The van der Waals surface area contributed by atoms with Gasteiger partial charge in [0.2, 0.25) is 0 Å². The van der Waals surface area contributed by atoms with Gasteiger partial charge >= 0.3 is 5.69 Å². The largest absolute Gasteiger partial charge is 0.333 e. The maximum Gasteiger partial charge on any atom is 0.330 e. The van der Waals surface area contributed by atoms with Crippen LogP contribution in [0.15, 0.2) is 21.9 Å². The highest BCUT2D eigenvalue weighted by molar-refractivity contribution is 5.76. The summed E-state index contributed by atoms with van der Waals surface area (Å²) in [6, 6.07) is 1.74. The molecule has 2 heterocycles. The first-order valence-electron chi connectivity index (χ1n) is 7.98. The maximum atomic E-state index is 12.4. The molecule has 2 aromatic rings. The Morgan fingerprint density at radius 3 is 2.39 bits per heavy atom. The highest BCUT2D eigenvalue weighted by atomic mass is 16.2. The Morgan fingerprint density at radius 1 is 1.13 bits per heavy atom. The number of hydrogen-bond donors (Lipinski definition) is 1. The summed E-state index contributed by atoms with van der Waals surface area (Å²) >= 11 is 0. The molecule has 0 saturated heterocycles. The topological polar surface area (TPSA) is 76.0 Å². The molecule has 2 aromatic heterocycles. The summed E-state index contributed by atoms with van der Waals surface area (Å²) in [6.45, 7) is 7.92. The average molecular weight is 319 g/mol. The minimum absolute atomic E-state index is 0.165. The minimum atomic E-state index is -0.411. The Kier molecular flexibility index (Phi) is 5.20. The van der Waals surface area contributed by atoms with Crippen LogP contribution in [0.3, 0.4) is 0 Å². The Bertz CT molecular complexity index is 871. The first-order valence-corrected chi connectivity index (χ1v) is 7.98.